The second-order valence-corrected chi connectivity index (χ2v) is 6.88. The lowest BCUT2D eigenvalue weighted by molar-refractivity contribution is -0.121. The Labute approximate surface area is 157 Å². The number of hydrogen-bond donors (Lipinski definition) is 1. The zero-order valence-electron chi connectivity index (χ0n) is 14.7. The lowest BCUT2D eigenvalue weighted by Gasteiger charge is -2.15. The number of carbonyl (C=O) groups is 1. The molecule has 5 heteroatoms. The van der Waals surface area contributed by atoms with Gasteiger partial charge in [-0.25, -0.2) is 0 Å². The van der Waals surface area contributed by atoms with Gasteiger partial charge in [0.2, 0.25) is 5.91 Å². The van der Waals surface area contributed by atoms with Gasteiger partial charge in [-0.05, 0) is 65.6 Å². The molecule has 0 aliphatic rings. The van der Waals surface area contributed by atoms with Crippen LogP contribution in [0, 0.1) is 0 Å². The Balaban J connectivity index is 1.52. The van der Waals surface area contributed by atoms with E-state index >= 15 is 0 Å². The van der Waals surface area contributed by atoms with Crippen molar-refractivity contribution in [2.24, 2.45) is 0 Å². The zero-order chi connectivity index (χ0) is 18.2. The van der Waals surface area contributed by atoms with Crippen molar-refractivity contribution in [1.82, 2.24) is 10.3 Å². The van der Waals surface area contributed by atoms with Gasteiger partial charge in [-0.15, -0.1) is 0 Å². The van der Waals surface area contributed by atoms with E-state index in [9.17, 15) is 4.79 Å². The average molecular weight is 366 g/mol. The van der Waals surface area contributed by atoms with E-state index in [2.05, 4.69) is 21.7 Å². The summed E-state index contributed by atoms with van der Waals surface area (Å²) in [6.45, 7) is 2.41. The molecule has 0 fully saturated rings. The number of rotatable bonds is 8. The highest BCUT2D eigenvalue weighted by Gasteiger charge is 2.11. The molecule has 1 unspecified atom stereocenters. The van der Waals surface area contributed by atoms with Crippen LogP contribution in [0.3, 0.4) is 0 Å². The molecule has 2 heterocycles. The SMILES string of the molecule is CC(NC(=O)CCc1ccsc1)c1cccc(OCc2ccccn2)c1. The van der Waals surface area contributed by atoms with Crippen LogP contribution in [0.5, 0.6) is 5.75 Å². The Morgan fingerprint density at radius 3 is 2.92 bits per heavy atom. The van der Waals surface area contributed by atoms with Crippen molar-refractivity contribution >= 4 is 17.2 Å². The minimum atomic E-state index is -0.0663. The minimum Gasteiger partial charge on any atom is -0.487 e. The number of amides is 1. The van der Waals surface area contributed by atoms with Gasteiger partial charge in [-0.3, -0.25) is 9.78 Å². The van der Waals surface area contributed by atoms with E-state index in [-0.39, 0.29) is 11.9 Å². The van der Waals surface area contributed by atoms with Crippen LogP contribution in [0.1, 0.15) is 36.2 Å². The number of benzene rings is 1. The highest BCUT2D eigenvalue weighted by atomic mass is 32.1. The minimum absolute atomic E-state index is 0.0588. The van der Waals surface area contributed by atoms with Gasteiger partial charge in [0.15, 0.2) is 0 Å². The van der Waals surface area contributed by atoms with Crippen LogP contribution in [0.25, 0.3) is 0 Å². The highest BCUT2D eigenvalue weighted by molar-refractivity contribution is 7.07. The maximum absolute atomic E-state index is 12.2. The number of nitrogens with zero attached hydrogens (tertiary/aromatic N) is 1. The number of ether oxygens (including phenoxy) is 1. The lowest BCUT2D eigenvalue weighted by Crippen LogP contribution is -2.26. The smallest absolute Gasteiger partial charge is 0.220 e. The normalized spacial score (nSPS) is 11.7. The molecule has 1 N–H and O–H groups in total. The molecule has 0 aliphatic carbocycles. The molecule has 0 saturated heterocycles. The number of aryl methyl sites for hydroxylation is 1. The second kappa shape index (κ2) is 9.15. The van der Waals surface area contributed by atoms with E-state index in [1.807, 2.05) is 54.8 Å². The quantitative estimate of drug-likeness (QED) is 0.637. The molecule has 26 heavy (non-hydrogen) atoms. The maximum Gasteiger partial charge on any atom is 0.220 e. The number of nitrogens with one attached hydrogen (secondary N) is 1. The van der Waals surface area contributed by atoms with Gasteiger partial charge in [0.05, 0.1) is 11.7 Å². The summed E-state index contributed by atoms with van der Waals surface area (Å²) in [6, 6.07) is 15.6. The molecule has 0 saturated carbocycles. The van der Waals surface area contributed by atoms with Gasteiger partial charge >= 0.3 is 0 Å². The van der Waals surface area contributed by atoms with Gasteiger partial charge in [0.1, 0.15) is 12.4 Å². The largest absolute Gasteiger partial charge is 0.487 e. The van der Waals surface area contributed by atoms with Crippen LogP contribution in [0.4, 0.5) is 0 Å². The van der Waals surface area contributed by atoms with Gasteiger partial charge in [0, 0.05) is 12.6 Å². The summed E-state index contributed by atoms with van der Waals surface area (Å²) < 4.78 is 5.81. The number of carbonyl (C=O) groups excluding carboxylic acids is 1. The summed E-state index contributed by atoms with van der Waals surface area (Å²) in [7, 11) is 0. The van der Waals surface area contributed by atoms with E-state index in [0.29, 0.717) is 13.0 Å². The summed E-state index contributed by atoms with van der Waals surface area (Å²) in [5.41, 5.74) is 3.11. The van der Waals surface area contributed by atoms with E-state index in [1.165, 1.54) is 5.56 Å². The summed E-state index contributed by atoms with van der Waals surface area (Å²) in [6.07, 6.45) is 3.02. The number of hydrogen-bond acceptors (Lipinski definition) is 4. The summed E-state index contributed by atoms with van der Waals surface area (Å²) in [5.74, 6) is 0.830. The van der Waals surface area contributed by atoms with Crippen molar-refractivity contribution < 1.29 is 9.53 Å². The lowest BCUT2D eigenvalue weighted by atomic mass is 10.1. The predicted octanol–water partition coefficient (Wildman–Crippen LogP) is 4.53. The zero-order valence-corrected chi connectivity index (χ0v) is 15.5. The Bertz CT molecular complexity index is 819. The third-order valence-electron chi connectivity index (χ3n) is 4.07. The van der Waals surface area contributed by atoms with Crippen LogP contribution in [0.15, 0.2) is 65.5 Å². The van der Waals surface area contributed by atoms with Crippen LogP contribution in [-0.4, -0.2) is 10.9 Å². The fraction of sp³-hybridized carbons (Fsp3) is 0.238. The van der Waals surface area contributed by atoms with Crippen LogP contribution < -0.4 is 10.1 Å². The van der Waals surface area contributed by atoms with Crippen LogP contribution in [0.2, 0.25) is 0 Å². The fourth-order valence-corrected chi connectivity index (χ4v) is 3.31. The Hall–Kier alpha value is -2.66. The van der Waals surface area contributed by atoms with Crippen molar-refractivity contribution in [2.45, 2.75) is 32.4 Å². The first kappa shape index (κ1) is 18.1. The van der Waals surface area contributed by atoms with Gasteiger partial charge in [0.25, 0.3) is 0 Å². The molecule has 3 aromatic rings. The van der Waals surface area contributed by atoms with Crippen LogP contribution in [-0.2, 0) is 17.8 Å². The molecule has 0 bridgehead atoms. The first-order valence-corrected chi connectivity index (χ1v) is 9.58. The molecule has 134 valence electrons. The molecule has 4 nitrogen and oxygen atoms in total. The molecule has 0 aliphatic heterocycles. The molecule has 3 rings (SSSR count). The monoisotopic (exact) mass is 366 g/mol. The number of thiophene rings is 1. The first-order chi connectivity index (χ1) is 12.7. The molecular formula is C21H22N2O2S. The van der Waals surface area contributed by atoms with E-state index in [1.54, 1.807) is 17.5 Å². The first-order valence-electron chi connectivity index (χ1n) is 8.64. The predicted molar refractivity (Wildman–Crippen MR) is 104 cm³/mol. The Morgan fingerprint density at radius 1 is 1.23 bits per heavy atom. The van der Waals surface area contributed by atoms with Gasteiger partial charge in [-0.1, -0.05) is 18.2 Å². The van der Waals surface area contributed by atoms with Crippen molar-refractivity contribution in [3.05, 3.63) is 82.3 Å². The van der Waals surface area contributed by atoms with Crippen LogP contribution >= 0.6 is 11.3 Å². The number of pyridine rings is 1. The van der Waals surface area contributed by atoms with E-state index < -0.39 is 0 Å². The Kier molecular flexibility index (Phi) is 6.39. The summed E-state index contributed by atoms with van der Waals surface area (Å²) in [4.78, 5) is 16.4. The van der Waals surface area contributed by atoms with Crippen molar-refractivity contribution in [3.8, 4) is 5.75 Å². The molecule has 1 amide bonds. The molecule has 1 aromatic carbocycles. The third-order valence-corrected chi connectivity index (χ3v) is 4.80. The Morgan fingerprint density at radius 2 is 2.15 bits per heavy atom. The van der Waals surface area contributed by atoms with Gasteiger partial charge < -0.3 is 10.1 Å². The average Bonchev–Trinajstić information content (AvgIpc) is 3.19. The number of aromatic nitrogens is 1. The molecule has 1 atom stereocenters. The second-order valence-electron chi connectivity index (χ2n) is 6.10. The summed E-state index contributed by atoms with van der Waals surface area (Å²) in [5, 5.41) is 7.17. The van der Waals surface area contributed by atoms with Crippen molar-refractivity contribution in [3.63, 3.8) is 0 Å². The molecule has 0 spiro atoms. The third kappa shape index (κ3) is 5.43. The highest BCUT2D eigenvalue weighted by Crippen LogP contribution is 2.20. The van der Waals surface area contributed by atoms with Crippen molar-refractivity contribution in [1.29, 1.82) is 0 Å². The molecule has 2 aromatic heterocycles. The molecule has 0 radical (unpaired) electrons. The fourth-order valence-electron chi connectivity index (χ4n) is 2.60. The maximum atomic E-state index is 12.2. The standard InChI is InChI=1S/C21H22N2O2S/c1-16(23-21(24)9-8-17-10-12-26-15-17)18-5-4-7-20(13-18)25-14-19-6-2-3-11-22-19/h2-7,10-13,15-16H,8-9,14H2,1H3,(H,23,24). The molecular weight excluding hydrogens is 344 g/mol. The van der Waals surface area contributed by atoms with Gasteiger partial charge in [-0.2, -0.15) is 11.3 Å². The van der Waals surface area contributed by atoms with E-state index in [0.717, 1.165) is 23.4 Å². The van der Waals surface area contributed by atoms with Crippen molar-refractivity contribution in [2.75, 3.05) is 0 Å². The summed E-state index contributed by atoms with van der Waals surface area (Å²) >= 11 is 1.66. The topological polar surface area (TPSA) is 51.2 Å². The van der Waals surface area contributed by atoms with E-state index in [4.69, 9.17) is 4.74 Å².